The van der Waals surface area contributed by atoms with Gasteiger partial charge in [-0.15, -0.1) is 0 Å². The molecule has 0 rings (SSSR count). The predicted octanol–water partition coefficient (Wildman–Crippen LogP) is -2.04. The predicted molar refractivity (Wildman–Crippen MR) is 45.0 cm³/mol. The topological polar surface area (TPSA) is 107 Å². The Labute approximate surface area is 83.2 Å². The summed E-state index contributed by atoms with van der Waals surface area (Å²) in [5.41, 5.74) is 0. The van der Waals surface area contributed by atoms with Gasteiger partial charge in [-0.1, -0.05) is 0 Å². The second-order valence-corrected chi connectivity index (χ2v) is 2.79. The Morgan fingerprint density at radius 3 is 2.15 bits per heavy atom. The Bertz CT molecular complexity index is 154. The lowest BCUT2D eigenvalue weighted by atomic mass is 10.0. The van der Waals surface area contributed by atoms with Crippen molar-refractivity contribution >= 4 is 22.5 Å². The van der Waals surface area contributed by atoms with Crippen LogP contribution in [-0.2, 0) is 8.62 Å². The fourth-order valence-electron chi connectivity index (χ4n) is 0.684. The molecule has 0 amide bonds. The summed E-state index contributed by atoms with van der Waals surface area (Å²) >= 11 is 2.47. The second kappa shape index (κ2) is 6.41. The molecule has 0 heterocycles. The summed E-state index contributed by atoms with van der Waals surface area (Å²) in [5, 5.41) is 35.6. The van der Waals surface area contributed by atoms with E-state index in [4.69, 9.17) is 15.3 Å². The van der Waals surface area contributed by atoms with E-state index in [2.05, 4.69) is 20.1 Å². The zero-order valence-corrected chi connectivity index (χ0v) is 8.16. The SMILES string of the molecule is O=C[C@@H](OBr)[C@@H](O)[C@H](O)[C@H](O)CO. The summed E-state index contributed by atoms with van der Waals surface area (Å²) in [4.78, 5) is 10.2. The third kappa shape index (κ3) is 3.67. The first-order valence-electron chi connectivity index (χ1n) is 3.46. The third-order valence-corrected chi connectivity index (χ3v) is 1.94. The van der Waals surface area contributed by atoms with Crippen molar-refractivity contribution in [2.24, 2.45) is 0 Å². The first-order valence-corrected chi connectivity index (χ1v) is 4.11. The maximum Gasteiger partial charge on any atom is 0.156 e. The first kappa shape index (κ1) is 12.9. The fraction of sp³-hybridized carbons (Fsp3) is 0.833. The quantitative estimate of drug-likeness (QED) is 0.409. The highest BCUT2D eigenvalue weighted by atomic mass is 79.9. The number of halogens is 1. The van der Waals surface area contributed by atoms with Crippen LogP contribution in [0.15, 0.2) is 0 Å². The maximum atomic E-state index is 10.2. The van der Waals surface area contributed by atoms with E-state index < -0.39 is 31.0 Å². The highest BCUT2D eigenvalue weighted by Crippen LogP contribution is 2.08. The molecule has 0 aliphatic carbocycles. The summed E-state index contributed by atoms with van der Waals surface area (Å²) < 4.78 is 4.32. The molecule has 0 aromatic carbocycles. The summed E-state index contributed by atoms with van der Waals surface area (Å²) in [6, 6.07) is 0. The standard InChI is InChI=1S/C6H11BrO6/c7-13-4(2-9)6(12)5(11)3(10)1-8/h2-6,8,10-12H,1H2/t3-,4-,5-,6-/m1/s1. The molecule has 13 heavy (non-hydrogen) atoms. The maximum absolute atomic E-state index is 10.2. The lowest BCUT2D eigenvalue weighted by Gasteiger charge is -2.23. The summed E-state index contributed by atoms with van der Waals surface area (Å²) in [6.07, 6.45) is -5.79. The summed E-state index contributed by atoms with van der Waals surface area (Å²) in [6.45, 7) is -0.716. The van der Waals surface area contributed by atoms with E-state index in [-0.39, 0.29) is 6.29 Å². The first-order chi connectivity index (χ1) is 6.08. The van der Waals surface area contributed by atoms with Gasteiger partial charge in [-0.05, 0) is 0 Å². The van der Waals surface area contributed by atoms with E-state index in [1.807, 2.05) is 0 Å². The minimum Gasteiger partial charge on any atom is -0.394 e. The Morgan fingerprint density at radius 1 is 1.31 bits per heavy atom. The van der Waals surface area contributed by atoms with Crippen molar-refractivity contribution in [1.82, 2.24) is 0 Å². The Morgan fingerprint density at radius 2 is 1.85 bits per heavy atom. The van der Waals surface area contributed by atoms with Crippen LogP contribution in [0.25, 0.3) is 0 Å². The number of hydrogen-bond donors (Lipinski definition) is 4. The van der Waals surface area contributed by atoms with Crippen LogP contribution in [0.2, 0.25) is 0 Å². The van der Waals surface area contributed by atoms with Crippen LogP contribution in [0.4, 0.5) is 0 Å². The molecular formula is C6H11BrO6. The smallest absolute Gasteiger partial charge is 0.156 e. The molecule has 0 saturated heterocycles. The number of carbonyl (C=O) groups excluding carboxylic acids is 1. The molecule has 4 atom stereocenters. The van der Waals surface area contributed by atoms with E-state index in [1.54, 1.807) is 0 Å². The lowest BCUT2D eigenvalue weighted by molar-refractivity contribution is -0.130. The summed E-state index contributed by atoms with van der Waals surface area (Å²) in [5.74, 6) is 0. The molecule has 0 unspecified atom stereocenters. The molecule has 0 aliphatic heterocycles. The Kier molecular flexibility index (Phi) is 6.39. The monoisotopic (exact) mass is 258 g/mol. The number of carbonyl (C=O) groups is 1. The molecule has 0 aromatic rings. The molecule has 6 nitrogen and oxygen atoms in total. The molecule has 0 spiro atoms. The lowest BCUT2D eigenvalue weighted by Crippen LogP contribution is -2.46. The van der Waals surface area contributed by atoms with Gasteiger partial charge in [0.05, 0.1) is 22.9 Å². The minimum atomic E-state index is -1.64. The second-order valence-electron chi connectivity index (χ2n) is 2.42. The van der Waals surface area contributed by atoms with Crippen molar-refractivity contribution in [3.63, 3.8) is 0 Å². The van der Waals surface area contributed by atoms with Crippen molar-refractivity contribution < 1.29 is 29.0 Å². The van der Waals surface area contributed by atoms with Crippen LogP contribution in [-0.4, -0.2) is 57.7 Å². The molecular weight excluding hydrogens is 248 g/mol. The average Bonchev–Trinajstić information content (AvgIpc) is 2.17. The van der Waals surface area contributed by atoms with Crippen molar-refractivity contribution in [3.8, 4) is 0 Å². The van der Waals surface area contributed by atoms with E-state index in [0.29, 0.717) is 0 Å². The number of aliphatic hydroxyl groups is 4. The van der Waals surface area contributed by atoms with Gasteiger partial charge in [0.2, 0.25) is 0 Å². The van der Waals surface area contributed by atoms with Gasteiger partial charge < -0.3 is 25.2 Å². The minimum absolute atomic E-state index is 0.257. The molecule has 78 valence electrons. The van der Waals surface area contributed by atoms with Gasteiger partial charge in [-0.3, -0.25) is 3.83 Å². The Hall–Kier alpha value is -0.0500. The van der Waals surface area contributed by atoms with Crippen molar-refractivity contribution in [2.75, 3.05) is 6.61 Å². The number of rotatable bonds is 6. The zero-order chi connectivity index (χ0) is 10.4. The Balaban J connectivity index is 4.21. The summed E-state index contributed by atoms with van der Waals surface area (Å²) in [7, 11) is 0. The molecule has 0 aromatic heterocycles. The molecule has 0 aliphatic rings. The van der Waals surface area contributed by atoms with E-state index >= 15 is 0 Å². The average molecular weight is 259 g/mol. The fourth-order valence-corrected chi connectivity index (χ4v) is 0.993. The number of aliphatic hydroxyl groups excluding tert-OH is 4. The van der Waals surface area contributed by atoms with E-state index in [9.17, 15) is 9.90 Å². The van der Waals surface area contributed by atoms with Gasteiger partial charge in [-0.2, -0.15) is 0 Å². The largest absolute Gasteiger partial charge is 0.394 e. The van der Waals surface area contributed by atoms with Gasteiger partial charge in [0.15, 0.2) is 12.4 Å². The van der Waals surface area contributed by atoms with Crippen LogP contribution in [0.3, 0.4) is 0 Å². The van der Waals surface area contributed by atoms with Crippen LogP contribution in [0, 0.1) is 0 Å². The normalized spacial score (nSPS) is 20.4. The van der Waals surface area contributed by atoms with Gasteiger partial charge in [0, 0.05) is 0 Å². The molecule has 4 N–H and O–H groups in total. The molecule has 7 heteroatoms. The van der Waals surface area contributed by atoms with Gasteiger partial charge in [0.25, 0.3) is 0 Å². The van der Waals surface area contributed by atoms with Crippen LogP contribution in [0.5, 0.6) is 0 Å². The zero-order valence-electron chi connectivity index (χ0n) is 6.58. The van der Waals surface area contributed by atoms with Crippen LogP contribution in [0.1, 0.15) is 0 Å². The molecule has 0 bridgehead atoms. The van der Waals surface area contributed by atoms with E-state index in [0.717, 1.165) is 0 Å². The van der Waals surface area contributed by atoms with Gasteiger partial charge >= 0.3 is 0 Å². The van der Waals surface area contributed by atoms with Crippen LogP contribution < -0.4 is 0 Å². The number of hydrogen-bond acceptors (Lipinski definition) is 6. The third-order valence-electron chi connectivity index (χ3n) is 1.50. The van der Waals surface area contributed by atoms with Crippen molar-refractivity contribution in [3.05, 3.63) is 0 Å². The van der Waals surface area contributed by atoms with E-state index in [1.165, 1.54) is 0 Å². The van der Waals surface area contributed by atoms with Crippen molar-refractivity contribution in [1.29, 1.82) is 0 Å². The van der Waals surface area contributed by atoms with Gasteiger partial charge in [0.1, 0.15) is 18.3 Å². The van der Waals surface area contributed by atoms with Gasteiger partial charge in [-0.25, -0.2) is 0 Å². The van der Waals surface area contributed by atoms with Crippen LogP contribution >= 0.6 is 16.3 Å². The highest BCUT2D eigenvalue weighted by Gasteiger charge is 2.31. The number of aldehydes is 1. The molecule has 0 fully saturated rings. The van der Waals surface area contributed by atoms with Crippen molar-refractivity contribution in [2.45, 2.75) is 24.4 Å². The highest BCUT2D eigenvalue weighted by molar-refractivity contribution is 9.06. The molecule has 0 saturated carbocycles. The molecule has 0 radical (unpaired) electrons.